The van der Waals surface area contributed by atoms with Crippen molar-refractivity contribution in [1.82, 2.24) is 14.2 Å². The van der Waals surface area contributed by atoms with Crippen LogP contribution in [0.4, 0.5) is 0 Å². The summed E-state index contributed by atoms with van der Waals surface area (Å²) in [5.74, 6) is -0.0310. The molecule has 0 N–H and O–H groups in total. The first-order valence-corrected chi connectivity index (χ1v) is 12.2. The van der Waals surface area contributed by atoms with E-state index in [2.05, 4.69) is 0 Å². The summed E-state index contributed by atoms with van der Waals surface area (Å²) in [6, 6.07) is 14.0. The molecule has 2 heterocycles. The van der Waals surface area contributed by atoms with Gasteiger partial charge in [0.2, 0.25) is 10.0 Å². The van der Waals surface area contributed by atoms with Crippen molar-refractivity contribution in [3.63, 3.8) is 0 Å². The number of para-hydroxylation sites is 1. The second-order valence-corrected chi connectivity index (χ2v) is 10.3. The minimum atomic E-state index is -3.64. The molecule has 1 aliphatic carbocycles. The Labute approximate surface area is 186 Å². The van der Waals surface area contributed by atoms with Gasteiger partial charge in [0, 0.05) is 42.3 Å². The third-order valence-electron chi connectivity index (χ3n) is 6.09. The molecular formula is C23H22ClN3O3S. The lowest BCUT2D eigenvalue weighted by atomic mass is 10.00. The number of rotatable bonds is 3. The van der Waals surface area contributed by atoms with Gasteiger partial charge in [-0.25, -0.2) is 8.42 Å². The Morgan fingerprint density at radius 1 is 0.968 bits per heavy atom. The number of aromatic nitrogens is 1. The van der Waals surface area contributed by atoms with Crippen LogP contribution in [-0.2, 0) is 22.9 Å². The van der Waals surface area contributed by atoms with Crippen LogP contribution < -0.4 is 0 Å². The van der Waals surface area contributed by atoms with Gasteiger partial charge in [0.25, 0.3) is 5.91 Å². The van der Waals surface area contributed by atoms with Crippen molar-refractivity contribution >= 4 is 38.4 Å². The lowest BCUT2D eigenvalue weighted by molar-refractivity contribution is 0.0699. The molecule has 0 bridgehead atoms. The fourth-order valence-electron chi connectivity index (χ4n) is 4.52. The molecule has 2 aliphatic rings. The number of benzene rings is 2. The molecule has 2 aromatic carbocycles. The molecule has 160 valence electrons. The number of pyridine rings is 1. The van der Waals surface area contributed by atoms with Gasteiger partial charge >= 0.3 is 0 Å². The number of piperazine rings is 1. The summed E-state index contributed by atoms with van der Waals surface area (Å²) in [6.07, 6.45) is 2.76. The molecule has 0 saturated carbocycles. The van der Waals surface area contributed by atoms with Crippen LogP contribution in [0.2, 0.25) is 5.02 Å². The first-order valence-electron chi connectivity index (χ1n) is 10.4. The Kier molecular flexibility index (Phi) is 5.20. The minimum absolute atomic E-state index is 0.0310. The van der Waals surface area contributed by atoms with E-state index in [9.17, 15) is 13.2 Å². The van der Waals surface area contributed by atoms with E-state index in [1.807, 2.05) is 24.3 Å². The fraction of sp³-hybridized carbons (Fsp3) is 0.304. The molecule has 1 saturated heterocycles. The zero-order valence-corrected chi connectivity index (χ0v) is 18.5. The predicted molar refractivity (Wildman–Crippen MR) is 120 cm³/mol. The van der Waals surface area contributed by atoms with E-state index in [0.29, 0.717) is 18.1 Å². The van der Waals surface area contributed by atoms with Crippen LogP contribution in [0.3, 0.4) is 0 Å². The molecule has 3 aromatic rings. The summed E-state index contributed by atoms with van der Waals surface area (Å²) in [4.78, 5) is 20.3. The smallest absolute Gasteiger partial charge is 0.254 e. The maximum absolute atomic E-state index is 13.6. The molecule has 1 aromatic heterocycles. The quantitative estimate of drug-likeness (QED) is 0.605. The van der Waals surface area contributed by atoms with Crippen molar-refractivity contribution in [2.75, 3.05) is 26.2 Å². The number of amides is 1. The van der Waals surface area contributed by atoms with Gasteiger partial charge in [0.05, 0.1) is 16.0 Å². The number of hydrogen-bond donors (Lipinski definition) is 0. The van der Waals surface area contributed by atoms with Gasteiger partial charge in [-0.15, -0.1) is 0 Å². The largest absolute Gasteiger partial charge is 0.336 e. The number of carbonyl (C=O) groups excluding carboxylic acids is 1. The van der Waals surface area contributed by atoms with Crippen LogP contribution in [-0.4, -0.2) is 54.7 Å². The van der Waals surface area contributed by atoms with Crippen LogP contribution in [0.15, 0.2) is 53.4 Å². The molecule has 6 nitrogen and oxygen atoms in total. The number of fused-ring (bicyclic) bond motifs is 2. The highest BCUT2D eigenvalue weighted by Gasteiger charge is 2.33. The summed E-state index contributed by atoms with van der Waals surface area (Å²) in [5, 5.41) is 1.26. The zero-order valence-electron chi connectivity index (χ0n) is 16.9. The summed E-state index contributed by atoms with van der Waals surface area (Å²) in [7, 11) is -3.64. The molecule has 1 amide bonds. The van der Waals surface area contributed by atoms with E-state index in [4.69, 9.17) is 16.6 Å². The molecule has 0 spiro atoms. The lowest BCUT2D eigenvalue weighted by Gasteiger charge is -2.34. The Bertz CT molecular complexity index is 1280. The average molecular weight is 456 g/mol. The highest BCUT2D eigenvalue weighted by atomic mass is 35.5. The Morgan fingerprint density at radius 3 is 2.52 bits per heavy atom. The molecule has 0 atom stereocenters. The molecule has 1 fully saturated rings. The van der Waals surface area contributed by atoms with E-state index in [1.54, 1.807) is 23.1 Å². The third kappa shape index (κ3) is 3.60. The Morgan fingerprint density at radius 2 is 1.74 bits per heavy atom. The first-order chi connectivity index (χ1) is 14.9. The van der Waals surface area contributed by atoms with Crippen molar-refractivity contribution in [3.05, 3.63) is 70.4 Å². The normalized spacial score (nSPS) is 17.1. The molecular weight excluding hydrogens is 434 g/mol. The SMILES string of the molecule is O=C(c1c2c(nc3ccccc13)CCC2)N1CCN(S(=O)(=O)c2cccc(Cl)c2)CC1. The summed E-state index contributed by atoms with van der Waals surface area (Å²) < 4.78 is 27.4. The van der Waals surface area contributed by atoms with Crippen LogP contribution >= 0.6 is 11.6 Å². The van der Waals surface area contributed by atoms with Crippen LogP contribution in [0.5, 0.6) is 0 Å². The summed E-state index contributed by atoms with van der Waals surface area (Å²) in [5.41, 5.74) is 3.65. The number of nitrogens with zero attached hydrogens (tertiary/aromatic N) is 3. The molecule has 5 rings (SSSR count). The molecule has 31 heavy (non-hydrogen) atoms. The van der Waals surface area contributed by atoms with Gasteiger partial charge in [-0.3, -0.25) is 9.78 Å². The van der Waals surface area contributed by atoms with E-state index < -0.39 is 10.0 Å². The van der Waals surface area contributed by atoms with E-state index in [0.717, 1.165) is 47.0 Å². The van der Waals surface area contributed by atoms with Crippen LogP contribution in [0, 0.1) is 0 Å². The maximum Gasteiger partial charge on any atom is 0.254 e. The average Bonchev–Trinajstić information content (AvgIpc) is 3.25. The standard InChI is InChI=1S/C23H22ClN3O3S/c24-16-5-3-6-17(15-16)31(29,30)27-13-11-26(12-14-27)23(28)22-18-7-1-2-9-20(18)25-21-10-4-8-19(21)22/h1-3,5-7,9,15H,4,8,10-14H2. The Balaban J connectivity index is 1.40. The van der Waals surface area contributed by atoms with Gasteiger partial charge < -0.3 is 4.90 Å². The minimum Gasteiger partial charge on any atom is -0.336 e. The predicted octanol–water partition coefficient (Wildman–Crippen LogP) is 3.52. The van der Waals surface area contributed by atoms with Crippen molar-refractivity contribution in [3.8, 4) is 0 Å². The van der Waals surface area contributed by atoms with Crippen LogP contribution in [0.1, 0.15) is 28.0 Å². The topological polar surface area (TPSA) is 70.6 Å². The lowest BCUT2D eigenvalue weighted by Crippen LogP contribution is -2.50. The van der Waals surface area contributed by atoms with Crippen molar-refractivity contribution in [1.29, 1.82) is 0 Å². The second kappa shape index (κ2) is 7.89. The fourth-order valence-corrected chi connectivity index (χ4v) is 6.24. The monoisotopic (exact) mass is 455 g/mol. The molecule has 1 aliphatic heterocycles. The number of aryl methyl sites for hydroxylation is 1. The van der Waals surface area contributed by atoms with Gasteiger partial charge in [0.1, 0.15) is 0 Å². The van der Waals surface area contributed by atoms with Crippen molar-refractivity contribution in [2.24, 2.45) is 0 Å². The van der Waals surface area contributed by atoms with Gasteiger partial charge in [-0.1, -0.05) is 35.9 Å². The molecule has 8 heteroatoms. The van der Waals surface area contributed by atoms with Crippen molar-refractivity contribution in [2.45, 2.75) is 24.2 Å². The highest BCUT2D eigenvalue weighted by molar-refractivity contribution is 7.89. The zero-order chi connectivity index (χ0) is 21.6. The third-order valence-corrected chi connectivity index (χ3v) is 8.22. The Hall–Kier alpha value is -2.48. The number of hydrogen-bond acceptors (Lipinski definition) is 4. The maximum atomic E-state index is 13.6. The van der Waals surface area contributed by atoms with Gasteiger partial charge in [-0.2, -0.15) is 4.31 Å². The molecule has 0 unspecified atom stereocenters. The summed E-state index contributed by atoms with van der Waals surface area (Å²) >= 11 is 5.98. The first kappa shape index (κ1) is 20.4. The number of sulfonamides is 1. The molecule has 0 radical (unpaired) electrons. The highest BCUT2D eigenvalue weighted by Crippen LogP contribution is 2.31. The van der Waals surface area contributed by atoms with E-state index >= 15 is 0 Å². The van der Waals surface area contributed by atoms with Gasteiger partial charge in [0.15, 0.2) is 0 Å². The second-order valence-electron chi connectivity index (χ2n) is 7.94. The summed E-state index contributed by atoms with van der Waals surface area (Å²) in [6.45, 7) is 1.21. The number of carbonyl (C=O) groups is 1. The van der Waals surface area contributed by atoms with E-state index in [1.165, 1.54) is 10.4 Å². The van der Waals surface area contributed by atoms with Gasteiger partial charge in [-0.05, 0) is 49.1 Å². The number of halogens is 1. The van der Waals surface area contributed by atoms with E-state index in [-0.39, 0.29) is 23.9 Å². The van der Waals surface area contributed by atoms with Crippen LogP contribution in [0.25, 0.3) is 10.9 Å². The van der Waals surface area contributed by atoms with Crippen molar-refractivity contribution < 1.29 is 13.2 Å².